The summed E-state index contributed by atoms with van der Waals surface area (Å²) in [6, 6.07) is 0. The van der Waals surface area contributed by atoms with Crippen LogP contribution in [0.4, 0.5) is 0 Å². The van der Waals surface area contributed by atoms with Crippen molar-refractivity contribution in [3.63, 3.8) is 0 Å². The lowest BCUT2D eigenvalue weighted by Crippen LogP contribution is -2.56. The number of hydrogen-bond donors (Lipinski definition) is 2. The smallest absolute Gasteiger partial charge is 0.309 e. The third kappa shape index (κ3) is 5.81. The molecular weight excluding hydrogens is 524 g/mol. The highest BCUT2D eigenvalue weighted by Crippen LogP contribution is 2.66. The molecule has 0 spiro atoms. The molecule has 0 bridgehead atoms. The summed E-state index contributed by atoms with van der Waals surface area (Å²) in [5, 5.41) is 22.6. The van der Waals surface area contributed by atoms with Crippen molar-refractivity contribution in [3.8, 4) is 0 Å². The fourth-order valence-corrected chi connectivity index (χ4v) is 10.2. The van der Waals surface area contributed by atoms with Gasteiger partial charge in [-0.1, -0.05) is 48.0 Å². The maximum Gasteiger partial charge on any atom is 0.309 e. The van der Waals surface area contributed by atoms with Gasteiger partial charge in [0.25, 0.3) is 0 Å². The molecule has 1 heterocycles. The van der Waals surface area contributed by atoms with E-state index in [0.29, 0.717) is 24.9 Å². The van der Waals surface area contributed by atoms with E-state index in [1.165, 1.54) is 13.8 Å². The average Bonchev–Trinajstić information content (AvgIpc) is 3.19. The second-order valence-electron chi connectivity index (χ2n) is 14.7. The molecule has 0 aromatic rings. The number of cyclic esters (lactones) is 1. The first kappa shape index (κ1) is 32.2. The Morgan fingerprint density at radius 1 is 0.951 bits per heavy atom. The van der Waals surface area contributed by atoms with Gasteiger partial charge < -0.3 is 24.4 Å². The predicted octanol–water partition coefficient (Wildman–Crippen LogP) is 4.92. The molecule has 1 saturated heterocycles. The van der Waals surface area contributed by atoms with Crippen LogP contribution in [0.25, 0.3) is 0 Å². The quantitative estimate of drug-likeness (QED) is 0.308. The van der Waals surface area contributed by atoms with E-state index in [4.69, 9.17) is 14.2 Å². The van der Waals surface area contributed by atoms with Gasteiger partial charge in [-0.15, -0.1) is 0 Å². The van der Waals surface area contributed by atoms with Crippen LogP contribution < -0.4 is 0 Å². The maximum absolute atomic E-state index is 13.5. The van der Waals surface area contributed by atoms with Crippen LogP contribution >= 0.6 is 0 Å². The summed E-state index contributed by atoms with van der Waals surface area (Å²) in [6.07, 6.45) is 2.63. The van der Waals surface area contributed by atoms with Gasteiger partial charge in [-0.05, 0) is 84.4 Å². The van der Waals surface area contributed by atoms with E-state index in [1.807, 2.05) is 0 Å². The number of hydrogen-bond acceptors (Lipinski definition) is 8. The second kappa shape index (κ2) is 12.1. The van der Waals surface area contributed by atoms with Crippen LogP contribution in [0.3, 0.4) is 0 Å². The van der Waals surface area contributed by atoms with E-state index in [9.17, 15) is 24.6 Å². The molecular formula is C33H54O8. The number of fused-ring (bicyclic) bond motifs is 5. The summed E-state index contributed by atoms with van der Waals surface area (Å²) in [7, 11) is 0. The van der Waals surface area contributed by atoms with Crippen LogP contribution in [0.2, 0.25) is 0 Å². The van der Waals surface area contributed by atoms with Crippen LogP contribution in [0.1, 0.15) is 100 Å². The van der Waals surface area contributed by atoms with E-state index >= 15 is 0 Å². The molecule has 41 heavy (non-hydrogen) atoms. The molecule has 0 aromatic carbocycles. The summed E-state index contributed by atoms with van der Waals surface area (Å²) in [5.41, 5.74) is -0.491. The molecule has 4 fully saturated rings. The number of aliphatic hydroxyl groups excluding tert-OH is 2. The first-order chi connectivity index (χ1) is 19.1. The topological polar surface area (TPSA) is 119 Å². The number of carbonyl (C=O) groups is 3. The van der Waals surface area contributed by atoms with Crippen LogP contribution in [0, 0.1) is 58.2 Å². The van der Waals surface area contributed by atoms with Gasteiger partial charge in [0, 0.05) is 20.3 Å². The number of ether oxygens (including phenoxy) is 3. The van der Waals surface area contributed by atoms with Gasteiger partial charge in [0.05, 0.1) is 24.7 Å². The number of esters is 3. The van der Waals surface area contributed by atoms with Crippen molar-refractivity contribution in [1.29, 1.82) is 0 Å². The minimum absolute atomic E-state index is 0.0341. The SMILES string of the molecule is CC[C@@H](C(C)C)[C@H](O)[C@@H](O)[C@@H](C)C1CCC2C3COC(=O)C4C[C@H](OC(C)=O)[C@H](OC(C)=O)C[C@]4(C)C3CC[C@@]21C. The molecule has 1 aliphatic heterocycles. The van der Waals surface area contributed by atoms with Crippen molar-refractivity contribution in [3.05, 3.63) is 0 Å². The lowest BCUT2D eigenvalue weighted by Gasteiger charge is -2.56. The van der Waals surface area contributed by atoms with Crippen LogP contribution in [0.15, 0.2) is 0 Å². The van der Waals surface area contributed by atoms with E-state index in [2.05, 4.69) is 41.5 Å². The second-order valence-corrected chi connectivity index (χ2v) is 14.7. The molecule has 3 saturated carbocycles. The van der Waals surface area contributed by atoms with Crippen molar-refractivity contribution in [2.45, 2.75) is 125 Å². The molecule has 234 valence electrons. The third-order valence-corrected chi connectivity index (χ3v) is 12.3. The molecule has 2 N–H and O–H groups in total. The predicted molar refractivity (Wildman–Crippen MR) is 153 cm³/mol. The van der Waals surface area contributed by atoms with E-state index in [1.54, 1.807) is 0 Å². The Labute approximate surface area is 246 Å². The van der Waals surface area contributed by atoms with Crippen LogP contribution in [-0.4, -0.2) is 59.1 Å². The maximum atomic E-state index is 13.5. The molecule has 0 aromatic heterocycles. The Hall–Kier alpha value is -1.67. The van der Waals surface area contributed by atoms with Crippen molar-refractivity contribution in [2.75, 3.05) is 6.61 Å². The standard InChI is InChI=1S/C33H54O8/c1-9-21(17(2)3)30(37)29(36)18(4)23-10-11-24-22-16-39-31(38)26-14-27(40-19(5)34)28(41-20(6)35)15-33(26,8)25(22)12-13-32(23,24)7/h17-18,21-30,36-37H,9-16H2,1-8H3/t18-,21-,22?,23?,24?,25?,26?,27-,28+,29-,30-,32+,33+/m0/s1. The molecule has 5 unspecified atom stereocenters. The van der Waals surface area contributed by atoms with Crippen molar-refractivity contribution in [2.24, 2.45) is 58.2 Å². The van der Waals surface area contributed by atoms with Gasteiger partial charge in [0.15, 0.2) is 0 Å². The van der Waals surface area contributed by atoms with Gasteiger partial charge in [-0.2, -0.15) is 0 Å². The summed E-state index contributed by atoms with van der Waals surface area (Å²) in [6.45, 7) is 16.0. The minimum atomic E-state index is -0.782. The molecule has 3 aliphatic carbocycles. The van der Waals surface area contributed by atoms with Gasteiger partial charge >= 0.3 is 17.9 Å². The zero-order chi connectivity index (χ0) is 30.4. The highest BCUT2D eigenvalue weighted by molar-refractivity contribution is 5.74. The van der Waals surface area contributed by atoms with Crippen molar-refractivity contribution < 1.29 is 38.8 Å². The Morgan fingerprint density at radius 3 is 2.15 bits per heavy atom. The average molecular weight is 579 g/mol. The van der Waals surface area contributed by atoms with Gasteiger partial charge in [0.1, 0.15) is 12.2 Å². The first-order valence-corrected chi connectivity index (χ1v) is 16.0. The Balaban J connectivity index is 1.60. The zero-order valence-corrected chi connectivity index (χ0v) is 26.4. The fraction of sp³-hybridized carbons (Fsp3) is 0.909. The van der Waals surface area contributed by atoms with E-state index in [0.717, 1.165) is 32.1 Å². The molecule has 8 heteroatoms. The molecule has 0 radical (unpaired) electrons. The molecule has 0 amide bonds. The third-order valence-electron chi connectivity index (χ3n) is 12.3. The Bertz CT molecular complexity index is 980. The number of rotatable bonds is 8. The highest BCUT2D eigenvalue weighted by Gasteiger charge is 2.64. The van der Waals surface area contributed by atoms with E-state index < -0.39 is 47.7 Å². The minimum Gasteiger partial charge on any atom is -0.465 e. The van der Waals surface area contributed by atoms with Crippen LogP contribution in [0.5, 0.6) is 0 Å². The summed E-state index contributed by atoms with van der Waals surface area (Å²) < 4.78 is 17.3. The van der Waals surface area contributed by atoms with Crippen LogP contribution in [-0.2, 0) is 28.6 Å². The summed E-state index contributed by atoms with van der Waals surface area (Å²) in [4.78, 5) is 37.4. The number of carbonyl (C=O) groups excluding carboxylic acids is 3. The van der Waals surface area contributed by atoms with E-state index in [-0.39, 0.29) is 47.4 Å². The first-order valence-electron chi connectivity index (χ1n) is 16.0. The van der Waals surface area contributed by atoms with Gasteiger partial charge in [-0.25, -0.2) is 0 Å². The van der Waals surface area contributed by atoms with Crippen molar-refractivity contribution in [1.82, 2.24) is 0 Å². The molecule has 8 nitrogen and oxygen atoms in total. The highest BCUT2D eigenvalue weighted by atomic mass is 16.6. The molecule has 4 rings (SSSR count). The Morgan fingerprint density at radius 2 is 1.56 bits per heavy atom. The lowest BCUT2D eigenvalue weighted by atomic mass is 9.48. The number of aliphatic hydroxyl groups is 2. The monoisotopic (exact) mass is 578 g/mol. The van der Waals surface area contributed by atoms with Crippen molar-refractivity contribution >= 4 is 17.9 Å². The lowest BCUT2D eigenvalue weighted by molar-refractivity contribution is -0.188. The Kier molecular flexibility index (Phi) is 9.55. The molecule has 4 aliphatic rings. The fourth-order valence-electron chi connectivity index (χ4n) is 10.2. The zero-order valence-electron chi connectivity index (χ0n) is 26.4. The van der Waals surface area contributed by atoms with Gasteiger partial charge in [-0.3, -0.25) is 14.4 Å². The summed E-state index contributed by atoms with van der Waals surface area (Å²) in [5.74, 6) is -0.317. The molecule has 13 atom stereocenters. The largest absolute Gasteiger partial charge is 0.465 e. The normalized spacial score (nSPS) is 41.5. The van der Waals surface area contributed by atoms with Gasteiger partial charge in [0.2, 0.25) is 0 Å². The summed E-state index contributed by atoms with van der Waals surface area (Å²) >= 11 is 0.